The lowest BCUT2D eigenvalue weighted by molar-refractivity contribution is 0.0982. The van der Waals surface area contributed by atoms with Crippen LogP contribution >= 0.6 is 0 Å². The van der Waals surface area contributed by atoms with Crippen LogP contribution in [0.1, 0.15) is 12.8 Å². The van der Waals surface area contributed by atoms with Crippen LogP contribution in [0.25, 0.3) is 0 Å². The predicted octanol–water partition coefficient (Wildman–Crippen LogP) is 0.941. The smallest absolute Gasteiger partial charge is 0.128 e. The van der Waals surface area contributed by atoms with E-state index in [9.17, 15) is 0 Å². The van der Waals surface area contributed by atoms with E-state index < -0.39 is 0 Å². The minimum Gasteiger partial charge on any atom is -0.354 e. The Morgan fingerprint density at radius 1 is 1.22 bits per heavy atom. The van der Waals surface area contributed by atoms with Gasteiger partial charge in [0.05, 0.1) is 0 Å². The van der Waals surface area contributed by atoms with E-state index in [1.54, 1.807) is 0 Å². The van der Waals surface area contributed by atoms with Gasteiger partial charge >= 0.3 is 0 Å². The van der Waals surface area contributed by atoms with Crippen molar-refractivity contribution < 1.29 is 0 Å². The Hall–Kier alpha value is -1.13. The quantitative estimate of drug-likeness (QED) is 0.843. The van der Waals surface area contributed by atoms with E-state index in [0.29, 0.717) is 12.0 Å². The molecule has 1 aromatic heterocycles. The van der Waals surface area contributed by atoms with Gasteiger partial charge < -0.3 is 10.6 Å². The SMILES string of the molecule is NCC1CCC2CN(c3ccccn3)CCN2C1. The van der Waals surface area contributed by atoms with Crippen molar-refractivity contribution in [2.75, 3.05) is 37.6 Å². The van der Waals surface area contributed by atoms with E-state index in [0.717, 1.165) is 32.0 Å². The number of nitrogens with two attached hydrogens (primary N) is 1. The van der Waals surface area contributed by atoms with Crippen molar-refractivity contribution in [3.8, 4) is 0 Å². The summed E-state index contributed by atoms with van der Waals surface area (Å²) >= 11 is 0. The Labute approximate surface area is 109 Å². The Morgan fingerprint density at radius 2 is 2.17 bits per heavy atom. The molecular weight excluding hydrogens is 224 g/mol. The zero-order valence-corrected chi connectivity index (χ0v) is 10.8. The lowest BCUT2D eigenvalue weighted by Gasteiger charge is -2.46. The third-order valence-electron chi connectivity index (χ3n) is 4.31. The standard InChI is InChI=1S/C14H22N4/c15-9-12-4-5-13-11-18(8-7-17(13)10-12)14-3-1-2-6-16-14/h1-3,6,12-13H,4-5,7-11,15H2. The van der Waals surface area contributed by atoms with Crippen molar-refractivity contribution in [3.63, 3.8) is 0 Å². The Kier molecular flexibility index (Phi) is 3.48. The zero-order valence-electron chi connectivity index (χ0n) is 10.8. The van der Waals surface area contributed by atoms with Crippen molar-refractivity contribution in [2.24, 2.45) is 11.7 Å². The van der Waals surface area contributed by atoms with Gasteiger partial charge in [-0.15, -0.1) is 0 Å². The highest BCUT2D eigenvalue weighted by Crippen LogP contribution is 2.26. The highest BCUT2D eigenvalue weighted by atomic mass is 15.3. The van der Waals surface area contributed by atoms with Gasteiger partial charge in [-0.1, -0.05) is 6.07 Å². The molecule has 0 spiro atoms. The molecule has 2 N–H and O–H groups in total. The summed E-state index contributed by atoms with van der Waals surface area (Å²) in [6.45, 7) is 5.39. The molecule has 0 amide bonds. The minimum absolute atomic E-state index is 0.698. The summed E-state index contributed by atoms with van der Waals surface area (Å²) < 4.78 is 0. The Balaban J connectivity index is 1.65. The maximum atomic E-state index is 5.80. The van der Waals surface area contributed by atoms with Gasteiger partial charge in [-0.2, -0.15) is 0 Å². The normalized spacial score (nSPS) is 29.1. The summed E-state index contributed by atoms with van der Waals surface area (Å²) in [5.41, 5.74) is 5.80. The van der Waals surface area contributed by atoms with Crippen LogP contribution in [0.4, 0.5) is 5.82 Å². The molecule has 2 unspecified atom stereocenters. The molecule has 2 aliphatic rings. The molecule has 2 atom stereocenters. The summed E-state index contributed by atoms with van der Waals surface area (Å²) in [5, 5.41) is 0. The number of piperidine rings is 1. The van der Waals surface area contributed by atoms with E-state index in [-0.39, 0.29) is 0 Å². The number of rotatable bonds is 2. The zero-order chi connectivity index (χ0) is 12.4. The molecule has 1 aromatic rings. The van der Waals surface area contributed by atoms with Gasteiger partial charge in [-0.3, -0.25) is 4.90 Å². The molecule has 2 saturated heterocycles. The first-order chi connectivity index (χ1) is 8.86. The van der Waals surface area contributed by atoms with Crippen LogP contribution in [0.5, 0.6) is 0 Å². The highest BCUT2D eigenvalue weighted by molar-refractivity contribution is 5.38. The van der Waals surface area contributed by atoms with Gasteiger partial charge in [-0.25, -0.2) is 4.98 Å². The second-order valence-corrected chi connectivity index (χ2v) is 5.46. The maximum absolute atomic E-state index is 5.80. The number of hydrogen-bond acceptors (Lipinski definition) is 4. The van der Waals surface area contributed by atoms with Gasteiger partial charge in [0.1, 0.15) is 5.82 Å². The van der Waals surface area contributed by atoms with Gasteiger partial charge in [0, 0.05) is 38.4 Å². The van der Waals surface area contributed by atoms with Gasteiger partial charge in [-0.05, 0) is 37.4 Å². The number of anilines is 1. The summed E-state index contributed by atoms with van der Waals surface area (Å²) in [5.74, 6) is 1.83. The van der Waals surface area contributed by atoms with Crippen molar-refractivity contribution in [2.45, 2.75) is 18.9 Å². The first-order valence-corrected chi connectivity index (χ1v) is 6.97. The fourth-order valence-corrected chi connectivity index (χ4v) is 3.20. The first-order valence-electron chi connectivity index (χ1n) is 6.97. The van der Waals surface area contributed by atoms with Crippen LogP contribution in [0.3, 0.4) is 0 Å². The number of fused-ring (bicyclic) bond motifs is 1. The summed E-state index contributed by atoms with van der Waals surface area (Å²) in [6, 6.07) is 6.86. The molecule has 0 saturated carbocycles. The molecule has 3 rings (SSSR count). The summed E-state index contributed by atoms with van der Waals surface area (Å²) in [6.07, 6.45) is 4.45. The van der Waals surface area contributed by atoms with Crippen LogP contribution in [0.15, 0.2) is 24.4 Å². The Bertz CT molecular complexity index is 381. The maximum Gasteiger partial charge on any atom is 0.128 e. The summed E-state index contributed by atoms with van der Waals surface area (Å²) in [4.78, 5) is 9.50. The second kappa shape index (κ2) is 5.24. The fraction of sp³-hybridized carbons (Fsp3) is 0.643. The molecule has 2 aliphatic heterocycles. The summed E-state index contributed by atoms with van der Waals surface area (Å²) in [7, 11) is 0. The Morgan fingerprint density at radius 3 is 2.94 bits per heavy atom. The molecular formula is C14H22N4. The van der Waals surface area contributed by atoms with E-state index in [4.69, 9.17) is 5.73 Å². The van der Waals surface area contributed by atoms with Gasteiger partial charge in [0.2, 0.25) is 0 Å². The predicted molar refractivity (Wildman–Crippen MR) is 73.6 cm³/mol. The molecule has 3 heterocycles. The van der Waals surface area contributed by atoms with Crippen molar-refractivity contribution in [1.82, 2.24) is 9.88 Å². The molecule has 2 fully saturated rings. The first kappa shape index (κ1) is 11.9. The number of nitrogens with zero attached hydrogens (tertiary/aromatic N) is 3. The third-order valence-corrected chi connectivity index (χ3v) is 4.31. The van der Waals surface area contributed by atoms with Crippen molar-refractivity contribution in [3.05, 3.63) is 24.4 Å². The van der Waals surface area contributed by atoms with E-state index in [1.165, 1.54) is 19.4 Å². The van der Waals surface area contributed by atoms with Crippen LogP contribution in [0, 0.1) is 5.92 Å². The van der Waals surface area contributed by atoms with Crippen LogP contribution < -0.4 is 10.6 Å². The number of piperazine rings is 1. The lowest BCUT2D eigenvalue weighted by atomic mass is 9.91. The molecule has 98 valence electrons. The van der Waals surface area contributed by atoms with Gasteiger partial charge in [0.25, 0.3) is 0 Å². The fourth-order valence-electron chi connectivity index (χ4n) is 3.20. The number of pyridine rings is 1. The van der Waals surface area contributed by atoms with Crippen LogP contribution in [-0.2, 0) is 0 Å². The molecule has 4 nitrogen and oxygen atoms in total. The number of hydrogen-bond donors (Lipinski definition) is 1. The highest BCUT2D eigenvalue weighted by Gasteiger charge is 2.32. The largest absolute Gasteiger partial charge is 0.354 e. The van der Waals surface area contributed by atoms with E-state index in [2.05, 4.69) is 26.9 Å². The second-order valence-electron chi connectivity index (χ2n) is 5.46. The van der Waals surface area contributed by atoms with E-state index >= 15 is 0 Å². The minimum atomic E-state index is 0.698. The van der Waals surface area contributed by atoms with E-state index in [1.807, 2.05) is 12.3 Å². The molecule has 0 radical (unpaired) electrons. The molecule has 0 bridgehead atoms. The van der Waals surface area contributed by atoms with Gasteiger partial charge in [0.15, 0.2) is 0 Å². The average molecular weight is 246 g/mol. The lowest BCUT2D eigenvalue weighted by Crippen LogP contribution is -2.57. The van der Waals surface area contributed by atoms with Crippen LogP contribution in [-0.4, -0.2) is 48.6 Å². The average Bonchev–Trinajstić information content (AvgIpc) is 2.47. The van der Waals surface area contributed by atoms with Crippen molar-refractivity contribution >= 4 is 5.82 Å². The van der Waals surface area contributed by atoms with Crippen molar-refractivity contribution in [1.29, 1.82) is 0 Å². The molecule has 0 aliphatic carbocycles. The number of aromatic nitrogens is 1. The molecule has 18 heavy (non-hydrogen) atoms. The topological polar surface area (TPSA) is 45.4 Å². The van der Waals surface area contributed by atoms with Crippen LogP contribution in [0.2, 0.25) is 0 Å². The molecule has 4 heteroatoms. The monoisotopic (exact) mass is 246 g/mol. The molecule has 0 aromatic carbocycles. The third kappa shape index (κ3) is 2.35.